The molecule has 0 spiro atoms. The summed E-state index contributed by atoms with van der Waals surface area (Å²) in [5, 5.41) is 14.7. The highest BCUT2D eigenvalue weighted by Gasteiger charge is 2.07. The summed E-state index contributed by atoms with van der Waals surface area (Å²) in [7, 11) is 0. The van der Waals surface area contributed by atoms with Crippen molar-refractivity contribution in [3.8, 4) is 5.75 Å². The van der Waals surface area contributed by atoms with E-state index in [2.05, 4.69) is 0 Å². The minimum Gasteiger partial charge on any atom is -0.450 e. The predicted molar refractivity (Wildman–Crippen MR) is 64.4 cm³/mol. The van der Waals surface area contributed by atoms with E-state index in [1.807, 2.05) is 0 Å². The molecule has 0 atom stereocenters. The number of ether oxygens (including phenoxy) is 1. The Kier molecular flexibility index (Phi) is 4.64. The van der Waals surface area contributed by atoms with Crippen molar-refractivity contribution in [2.45, 2.75) is 6.92 Å². The number of rotatable bonds is 1. The quantitative estimate of drug-likeness (QED) is 0.598. The summed E-state index contributed by atoms with van der Waals surface area (Å²) >= 11 is 0. The molecule has 7 nitrogen and oxygen atoms in total. The van der Waals surface area contributed by atoms with Crippen molar-refractivity contribution >= 4 is 23.1 Å². The number of hydrogen-bond donors (Lipinski definition) is 2. The van der Waals surface area contributed by atoms with Crippen LogP contribution in [0.4, 0.5) is 4.79 Å². The minimum atomic E-state index is -1.83. The van der Waals surface area contributed by atoms with Crippen molar-refractivity contribution in [1.82, 2.24) is 0 Å². The van der Waals surface area contributed by atoms with Crippen LogP contribution in [0.15, 0.2) is 39.5 Å². The molecule has 0 saturated heterocycles. The van der Waals surface area contributed by atoms with Crippen molar-refractivity contribution < 1.29 is 29.0 Å². The van der Waals surface area contributed by atoms with Crippen LogP contribution >= 0.6 is 0 Å². The number of fused-ring (bicyclic) bond motifs is 1. The maximum atomic E-state index is 11.3. The molecule has 2 N–H and O–H groups in total. The van der Waals surface area contributed by atoms with Crippen LogP contribution in [0.2, 0.25) is 0 Å². The molecular formula is C12H10O7. The lowest BCUT2D eigenvalue weighted by atomic mass is 10.2. The number of carboxylic acid groups (broad SMARTS) is 2. The van der Waals surface area contributed by atoms with E-state index >= 15 is 0 Å². The number of carbonyl (C=O) groups is 2. The smallest absolute Gasteiger partial charge is 0.450 e. The zero-order valence-electron chi connectivity index (χ0n) is 9.82. The molecule has 0 aliphatic rings. The van der Waals surface area contributed by atoms with Crippen molar-refractivity contribution in [2.24, 2.45) is 0 Å². The standard InChI is InChI=1S/C11H8O4.CH2O3/c1-7(12)14-10-6-8-4-2-3-5-9(8)15-11(10)13;2-1(3)4/h2-6H,1H3;(H2,2,3,4). The van der Waals surface area contributed by atoms with Gasteiger partial charge in [0, 0.05) is 12.3 Å². The van der Waals surface area contributed by atoms with E-state index in [1.165, 1.54) is 13.0 Å². The molecule has 1 aromatic carbocycles. The van der Waals surface area contributed by atoms with Gasteiger partial charge < -0.3 is 19.4 Å². The predicted octanol–water partition coefficient (Wildman–Crippen LogP) is 1.94. The van der Waals surface area contributed by atoms with Crippen molar-refractivity contribution in [2.75, 3.05) is 0 Å². The van der Waals surface area contributed by atoms with E-state index in [-0.39, 0.29) is 5.75 Å². The zero-order valence-corrected chi connectivity index (χ0v) is 9.82. The highest BCUT2D eigenvalue weighted by molar-refractivity contribution is 5.78. The SMILES string of the molecule is CC(=O)Oc1cc2ccccc2oc1=O.O=C(O)O. The van der Waals surface area contributed by atoms with Crippen LogP contribution in [0, 0.1) is 0 Å². The normalized spacial score (nSPS) is 9.32. The summed E-state index contributed by atoms with van der Waals surface area (Å²) in [5.74, 6) is -0.626. The third-order valence-electron chi connectivity index (χ3n) is 1.86. The molecule has 2 rings (SSSR count). The van der Waals surface area contributed by atoms with Crippen LogP contribution in [-0.4, -0.2) is 22.3 Å². The van der Waals surface area contributed by atoms with Crippen LogP contribution < -0.4 is 10.4 Å². The van der Waals surface area contributed by atoms with Gasteiger partial charge in [-0.2, -0.15) is 0 Å². The number of carbonyl (C=O) groups excluding carboxylic acids is 1. The Morgan fingerprint density at radius 3 is 2.37 bits per heavy atom. The van der Waals surface area contributed by atoms with Crippen molar-refractivity contribution in [3.05, 3.63) is 40.8 Å². The van der Waals surface area contributed by atoms with Gasteiger partial charge in [0.1, 0.15) is 5.58 Å². The molecule has 0 bridgehead atoms. The first-order chi connectivity index (χ1) is 8.90. The Bertz CT molecular complexity index is 652. The first-order valence-corrected chi connectivity index (χ1v) is 5.03. The number of hydrogen-bond acceptors (Lipinski definition) is 5. The van der Waals surface area contributed by atoms with Crippen molar-refractivity contribution in [3.63, 3.8) is 0 Å². The van der Waals surface area contributed by atoms with Crippen LogP contribution in [-0.2, 0) is 4.79 Å². The second kappa shape index (κ2) is 6.20. The minimum absolute atomic E-state index is 0.0822. The van der Waals surface area contributed by atoms with Gasteiger partial charge in [0.15, 0.2) is 0 Å². The Hall–Kier alpha value is -2.83. The van der Waals surface area contributed by atoms with Gasteiger partial charge >= 0.3 is 17.8 Å². The average molecular weight is 266 g/mol. The molecule has 0 unspecified atom stereocenters. The fourth-order valence-corrected chi connectivity index (χ4v) is 1.27. The summed E-state index contributed by atoms with van der Waals surface area (Å²) in [6.45, 7) is 1.23. The Balaban J connectivity index is 0.000000399. The molecule has 0 aliphatic carbocycles. The Labute approximate surface area is 106 Å². The molecule has 2 aromatic rings. The second-order valence-electron chi connectivity index (χ2n) is 3.31. The monoisotopic (exact) mass is 266 g/mol. The maximum absolute atomic E-state index is 11.3. The fraction of sp³-hybridized carbons (Fsp3) is 0.0833. The van der Waals surface area contributed by atoms with Gasteiger partial charge in [-0.25, -0.2) is 9.59 Å². The lowest BCUT2D eigenvalue weighted by Gasteiger charge is -2.00. The molecule has 0 fully saturated rings. The Morgan fingerprint density at radius 1 is 1.21 bits per heavy atom. The van der Waals surface area contributed by atoms with Crippen LogP contribution in [0.5, 0.6) is 5.75 Å². The molecular weight excluding hydrogens is 256 g/mol. The van der Waals surface area contributed by atoms with Gasteiger partial charge in [-0.15, -0.1) is 0 Å². The molecule has 0 radical (unpaired) electrons. The molecule has 1 aromatic heterocycles. The van der Waals surface area contributed by atoms with E-state index < -0.39 is 17.8 Å². The lowest BCUT2D eigenvalue weighted by Crippen LogP contribution is -2.10. The highest BCUT2D eigenvalue weighted by atomic mass is 16.6. The molecule has 1 heterocycles. The van der Waals surface area contributed by atoms with Crippen LogP contribution in [0.3, 0.4) is 0 Å². The van der Waals surface area contributed by atoms with E-state index in [4.69, 9.17) is 24.2 Å². The van der Waals surface area contributed by atoms with E-state index in [1.54, 1.807) is 24.3 Å². The van der Waals surface area contributed by atoms with Gasteiger partial charge in [-0.05, 0) is 12.1 Å². The molecule has 7 heteroatoms. The van der Waals surface area contributed by atoms with Crippen molar-refractivity contribution in [1.29, 1.82) is 0 Å². The Morgan fingerprint density at radius 2 is 1.79 bits per heavy atom. The molecule has 0 saturated carbocycles. The second-order valence-corrected chi connectivity index (χ2v) is 3.31. The molecule has 100 valence electrons. The topological polar surface area (TPSA) is 114 Å². The third-order valence-corrected chi connectivity index (χ3v) is 1.86. The molecule has 0 amide bonds. The summed E-state index contributed by atoms with van der Waals surface area (Å²) in [5.41, 5.74) is -0.178. The third kappa shape index (κ3) is 4.50. The van der Waals surface area contributed by atoms with Gasteiger partial charge in [0.25, 0.3) is 0 Å². The highest BCUT2D eigenvalue weighted by Crippen LogP contribution is 2.16. The summed E-state index contributed by atoms with van der Waals surface area (Å²) in [6.07, 6.45) is -1.83. The van der Waals surface area contributed by atoms with E-state index in [0.29, 0.717) is 11.0 Å². The summed E-state index contributed by atoms with van der Waals surface area (Å²) in [4.78, 5) is 30.6. The maximum Gasteiger partial charge on any atom is 0.503 e. The van der Waals surface area contributed by atoms with Gasteiger partial charge in [0.05, 0.1) is 0 Å². The fourth-order valence-electron chi connectivity index (χ4n) is 1.27. The first-order valence-electron chi connectivity index (χ1n) is 5.03. The lowest BCUT2D eigenvalue weighted by molar-refractivity contribution is -0.132. The van der Waals surface area contributed by atoms with E-state index in [9.17, 15) is 9.59 Å². The molecule has 19 heavy (non-hydrogen) atoms. The summed E-state index contributed by atoms with van der Waals surface area (Å²) in [6, 6.07) is 8.50. The number of benzene rings is 1. The average Bonchev–Trinajstić information content (AvgIpc) is 2.28. The largest absolute Gasteiger partial charge is 0.503 e. The zero-order chi connectivity index (χ0) is 14.4. The van der Waals surface area contributed by atoms with Crippen LogP contribution in [0.25, 0.3) is 11.0 Å². The molecule has 0 aliphatic heterocycles. The number of para-hydroxylation sites is 1. The number of esters is 1. The van der Waals surface area contributed by atoms with E-state index in [0.717, 1.165) is 0 Å². The van der Waals surface area contributed by atoms with Gasteiger partial charge in [0.2, 0.25) is 5.75 Å². The summed E-state index contributed by atoms with van der Waals surface area (Å²) < 4.78 is 9.67. The van der Waals surface area contributed by atoms with Crippen LogP contribution in [0.1, 0.15) is 6.92 Å². The van der Waals surface area contributed by atoms with Gasteiger partial charge in [-0.1, -0.05) is 18.2 Å². The first kappa shape index (κ1) is 14.2. The van der Waals surface area contributed by atoms with Gasteiger partial charge in [-0.3, -0.25) is 4.79 Å².